The SMILES string of the molecule is Cc1ccnn1-c1ccccc1C(F)(F)F. The molecule has 0 unspecified atom stereocenters. The minimum atomic E-state index is -4.37. The van der Waals surface area contributed by atoms with Gasteiger partial charge in [0.15, 0.2) is 0 Å². The first-order chi connectivity index (χ1) is 7.50. The molecule has 0 spiro atoms. The van der Waals surface area contributed by atoms with Crippen molar-refractivity contribution in [3.63, 3.8) is 0 Å². The van der Waals surface area contributed by atoms with Crippen molar-refractivity contribution in [2.45, 2.75) is 13.1 Å². The first kappa shape index (κ1) is 10.7. The highest BCUT2D eigenvalue weighted by Crippen LogP contribution is 2.33. The van der Waals surface area contributed by atoms with Crippen molar-refractivity contribution in [2.75, 3.05) is 0 Å². The zero-order chi connectivity index (χ0) is 11.8. The number of para-hydroxylation sites is 1. The number of benzene rings is 1. The second kappa shape index (κ2) is 3.66. The first-order valence-electron chi connectivity index (χ1n) is 4.67. The van der Waals surface area contributed by atoms with Gasteiger partial charge in [-0.2, -0.15) is 18.3 Å². The highest BCUT2D eigenvalue weighted by Gasteiger charge is 2.33. The second-order valence-electron chi connectivity index (χ2n) is 3.40. The van der Waals surface area contributed by atoms with E-state index >= 15 is 0 Å². The Labute approximate surface area is 90.3 Å². The van der Waals surface area contributed by atoms with Crippen LogP contribution in [0, 0.1) is 6.92 Å². The molecule has 1 aromatic heterocycles. The smallest absolute Gasteiger partial charge is 0.238 e. The van der Waals surface area contributed by atoms with Gasteiger partial charge in [-0.05, 0) is 25.1 Å². The first-order valence-corrected chi connectivity index (χ1v) is 4.67. The number of aromatic nitrogens is 2. The number of hydrogen-bond donors (Lipinski definition) is 0. The van der Waals surface area contributed by atoms with Gasteiger partial charge in [0.2, 0.25) is 0 Å². The summed E-state index contributed by atoms with van der Waals surface area (Å²) < 4.78 is 39.5. The molecule has 0 aliphatic heterocycles. The minimum Gasteiger partial charge on any atom is -0.238 e. The van der Waals surface area contributed by atoms with Gasteiger partial charge in [0.05, 0.1) is 11.3 Å². The Kier molecular flexibility index (Phi) is 2.46. The van der Waals surface area contributed by atoms with Gasteiger partial charge in [0, 0.05) is 11.9 Å². The minimum absolute atomic E-state index is 0.0532. The molecule has 16 heavy (non-hydrogen) atoms. The Hall–Kier alpha value is -1.78. The van der Waals surface area contributed by atoms with Crippen molar-refractivity contribution in [3.8, 4) is 5.69 Å². The maximum atomic E-state index is 12.7. The third-order valence-corrected chi connectivity index (χ3v) is 2.27. The molecule has 0 atom stereocenters. The van der Waals surface area contributed by atoms with Crippen LogP contribution in [-0.2, 0) is 6.18 Å². The van der Waals surface area contributed by atoms with Crippen LogP contribution in [0.5, 0.6) is 0 Å². The van der Waals surface area contributed by atoms with Crippen LogP contribution in [0.1, 0.15) is 11.3 Å². The van der Waals surface area contributed by atoms with Crippen LogP contribution >= 0.6 is 0 Å². The summed E-state index contributed by atoms with van der Waals surface area (Å²) in [5, 5.41) is 3.88. The summed E-state index contributed by atoms with van der Waals surface area (Å²) in [6, 6.07) is 7.04. The molecule has 2 nitrogen and oxygen atoms in total. The Bertz CT molecular complexity index is 500. The van der Waals surface area contributed by atoms with Gasteiger partial charge in [-0.3, -0.25) is 0 Å². The Morgan fingerprint density at radius 1 is 1.12 bits per heavy atom. The lowest BCUT2D eigenvalue weighted by Gasteiger charge is -2.13. The molecule has 2 rings (SSSR count). The van der Waals surface area contributed by atoms with Crippen LogP contribution < -0.4 is 0 Å². The topological polar surface area (TPSA) is 17.8 Å². The number of aryl methyl sites for hydroxylation is 1. The largest absolute Gasteiger partial charge is 0.418 e. The van der Waals surface area contributed by atoms with E-state index in [2.05, 4.69) is 5.10 Å². The van der Waals surface area contributed by atoms with E-state index in [1.807, 2.05) is 0 Å². The van der Waals surface area contributed by atoms with Crippen LogP contribution in [-0.4, -0.2) is 9.78 Å². The predicted octanol–water partition coefficient (Wildman–Crippen LogP) is 3.20. The normalized spacial score (nSPS) is 11.8. The number of hydrogen-bond acceptors (Lipinski definition) is 1. The van der Waals surface area contributed by atoms with Gasteiger partial charge in [-0.1, -0.05) is 12.1 Å². The fraction of sp³-hybridized carbons (Fsp3) is 0.182. The average Bonchev–Trinajstić information content (AvgIpc) is 2.63. The maximum absolute atomic E-state index is 12.7. The van der Waals surface area contributed by atoms with Crippen molar-refractivity contribution >= 4 is 0 Å². The monoisotopic (exact) mass is 226 g/mol. The van der Waals surface area contributed by atoms with E-state index in [4.69, 9.17) is 0 Å². The van der Waals surface area contributed by atoms with E-state index in [0.29, 0.717) is 5.69 Å². The van der Waals surface area contributed by atoms with Gasteiger partial charge in [0.25, 0.3) is 0 Å². The number of nitrogens with zero attached hydrogens (tertiary/aromatic N) is 2. The summed E-state index contributed by atoms with van der Waals surface area (Å²) in [7, 11) is 0. The highest BCUT2D eigenvalue weighted by molar-refractivity contribution is 5.43. The molecule has 0 radical (unpaired) electrons. The maximum Gasteiger partial charge on any atom is 0.418 e. The van der Waals surface area contributed by atoms with E-state index in [1.165, 1.54) is 23.0 Å². The molecule has 2 aromatic rings. The second-order valence-corrected chi connectivity index (χ2v) is 3.40. The van der Waals surface area contributed by atoms with Gasteiger partial charge in [0.1, 0.15) is 0 Å². The molecule has 0 bridgehead atoms. The molecule has 1 aromatic carbocycles. The molecule has 0 saturated carbocycles. The molecule has 0 aliphatic rings. The quantitative estimate of drug-likeness (QED) is 0.730. The zero-order valence-corrected chi connectivity index (χ0v) is 8.49. The van der Waals surface area contributed by atoms with Gasteiger partial charge in [-0.15, -0.1) is 0 Å². The van der Waals surface area contributed by atoms with Crippen molar-refractivity contribution in [1.82, 2.24) is 9.78 Å². The van der Waals surface area contributed by atoms with E-state index in [1.54, 1.807) is 19.1 Å². The molecule has 1 heterocycles. The number of halogens is 3. The fourth-order valence-corrected chi connectivity index (χ4v) is 1.52. The Balaban J connectivity index is 2.62. The summed E-state index contributed by atoms with van der Waals surface area (Å²) in [6.45, 7) is 1.71. The summed E-state index contributed by atoms with van der Waals surface area (Å²) in [4.78, 5) is 0. The lowest BCUT2D eigenvalue weighted by molar-refractivity contribution is -0.137. The molecular formula is C11H9F3N2. The van der Waals surface area contributed by atoms with Crippen molar-refractivity contribution in [3.05, 3.63) is 47.8 Å². The Morgan fingerprint density at radius 3 is 2.38 bits per heavy atom. The van der Waals surface area contributed by atoms with Crippen LogP contribution in [0.2, 0.25) is 0 Å². The van der Waals surface area contributed by atoms with E-state index in [-0.39, 0.29) is 5.69 Å². The molecule has 0 aliphatic carbocycles. The zero-order valence-electron chi connectivity index (χ0n) is 8.49. The average molecular weight is 226 g/mol. The van der Waals surface area contributed by atoms with Gasteiger partial charge >= 0.3 is 6.18 Å². The van der Waals surface area contributed by atoms with Crippen LogP contribution in [0.25, 0.3) is 5.69 Å². The molecule has 0 amide bonds. The van der Waals surface area contributed by atoms with Crippen LogP contribution in [0.3, 0.4) is 0 Å². The van der Waals surface area contributed by atoms with Crippen molar-refractivity contribution in [2.24, 2.45) is 0 Å². The lowest BCUT2D eigenvalue weighted by atomic mass is 10.1. The highest BCUT2D eigenvalue weighted by atomic mass is 19.4. The molecule has 5 heteroatoms. The summed E-state index contributed by atoms with van der Waals surface area (Å²) in [5.41, 5.74) is 0.0380. The van der Waals surface area contributed by atoms with Crippen LogP contribution in [0.15, 0.2) is 36.5 Å². The molecular weight excluding hydrogens is 217 g/mol. The fourth-order valence-electron chi connectivity index (χ4n) is 1.52. The molecule has 0 saturated heterocycles. The number of alkyl halides is 3. The summed E-state index contributed by atoms with van der Waals surface area (Å²) >= 11 is 0. The van der Waals surface area contributed by atoms with Crippen LogP contribution in [0.4, 0.5) is 13.2 Å². The number of rotatable bonds is 1. The Morgan fingerprint density at radius 2 is 1.81 bits per heavy atom. The summed E-state index contributed by atoms with van der Waals surface area (Å²) in [5.74, 6) is 0. The van der Waals surface area contributed by atoms with E-state index in [0.717, 1.165) is 6.07 Å². The molecule has 0 fully saturated rings. The predicted molar refractivity (Wildman–Crippen MR) is 53.3 cm³/mol. The van der Waals surface area contributed by atoms with Crippen molar-refractivity contribution < 1.29 is 13.2 Å². The third kappa shape index (κ3) is 1.80. The van der Waals surface area contributed by atoms with E-state index < -0.39 is 11.7 Å². The lowest BCUT2D eigenvalue weighted by Crippen LogP contribution is -2.11. The standard InChI is InChI=1S/C11H9F3N2/c1-8-6-7-15-16(8)10-5-3-2-4-9(10)11(12,13)14/h2-7H,1H3. The molecule has 0 N–H and O–H groups in total. The van der Waals surface area contributed by atoms with Gasteiger partial charge < -0.3 is 0 Å². The summed E-state index contributed by atoms with van der Waals surface area (Å²) in [6.07, 6.45) is -2.89. The third-order valence-electron chi connectivity index (χ3n) is 2.27. The van der Waals surface area contributed by atoms with Gasteiger partial charge in [-0.25, -0.2) is 4.68 Å². The molecule has 84 valence electrons. The van der Waals surface area contributed by atoms with E-state index in [9.17, 15) is 13.2 Å². The van der Waals surface area contributed by atoms with Crippen molar-refractivity contribution in [1.29, 1.82) is 0 Å².